The van der Waals surface area contributed by atoms with Gasteiger partial charge in [0.1, 0.15) is 17.3 Å². The summed E-state index contributed by atoms with van der Waals surface area (Å²) in [5.74, 6) is -1.49. The number of aromatic nitrogens is 1. The summed E-state index contributed by atoms with van der Waals surface area (Å²) < 4.78 is 34.8. The number of methoxy groups -OCH3 is 3. The largest absolute Gasteiger partial charge is 0.507 e. The van der Waals surface area contributed by atoms with E-state index in [1.807, 2.05) is 0 Å². The highest BCUT2D eigenvalue weighted by Crippen LogP contribution is 2.46. The Labute approximate surface area is 193 Å². The molecule has 0 unspecified atom stereocenters. The molecule has 0 radical (unpaired) electrons. The predicted octanol–water partition coefficient (Wildman–Crippen LogP) is 3.77. The highest BCUT2D eigenvalue weighted by Gasteiger charge is 2.48. The van der Waals surface area contributed by atoms with E-state index < -0.39 is 29.3 Å². The van der Waals surface area contributed by atoms with E-state index in [-0.39, 0.29) is 28.5 Å². The van der Waals surface area contributed by atoms with Crippen molar-refractivity contribution in [1.82, 2.24) is 5.16 Å². The Morgan fingerprint density at radius 3 is 2.15 bits per heavy atom. The van der Waals surface area contributed by atoms with Gasteiger partial charge in [0, 0.05) is 11.6 Å². The summed E-state index contributed by atoms with van der Waals surface area (Å²) in [6, 6.07) is 8.40. The van der Waals surface area contributed by atoms with E-state index in [1.54, 1.807) is 19.1 Å². The van der Waals surface area contributed by atoms with Gasteiger partial charge in [0.2, 0.25) is 5.75 Å². The molecule has 9 nitrogen and oxygen atoms in total. The van der Waals surface area contributed by atoms with Crippen molar-refractivity contribution in [3.63, 3.8) is 0 Å². The van der Waals surface area contributed by atoms with Crippen molar-refractivity contribution in [1.29, 1.82) is 0 Å². The van der Waals surface area contributed by atoms with E-state index in [0.29, 0.717) is 17.1 Å². The summed E-state index contributed by atoms with van der Waals surface area (Å²) in [7, 11) is 4.30. The molecule has 0 spiro atoms. The quantitative estimate of drug-likeness (QED) is 0.331. The summed E-state index contributed by atoms with van der Waals surface area (Å²) in [4.78, 5) is 27.4. The Balaban J connectivity index is 2.00. The molecular formula is C24H21FN2O7. The third-order valence-electron chi connectivity index (χ3n) is 5.43. The summed E-state index contributed by atoms with van der Waals surface area (Å²) in [5, 5.41) is 15.0. The topological polar surface area (TPSA) is 111 Å². The molecule has 1 fully saturated rings. The number of hydrogen-bond donors (Lipinski definition) is 1. The minimum Gasteiger partial charge on any atom is -0.507 e. The highest BCUT2D eigenvalue weighted by molar-refractivity contribution is 6.51. The lowest BCUT2D eigenvalue weighted by Crippen LogP contribution is -2.29. The number of amides is 1. The Morgan fingerprint density at radius 1 is 1.03 bits per heavy atom. The fraction of sp³-hybridized carbons (Fsp3) is 0.208. The molecule has 1 saturated heterocycles. The van der Waals surface area contributed by atoms with Crippen LogP contribution in [0.15, 0.2) is 52.6 Å². The van der Waals surface area contributed by atoms with Crippen molar-refractivity contribution in [3.05, 3.63) is 70.7 Å². The number of aliphatic hydroxyl groups excluding tert-OH is 1. The van der Waals surface area contributed by atoms with Crippen LogP contribution in [0, 0.1) is 12.7 Å². The molecule has 0 aliphatic carbocycles. The van der Waals surface area contributed by atoms with E-state index >= 15 is 0 Å². The lowest BCUT2D eigenvalue weighted by atomic mass is 9.94. The van der Waals surface area contributed by atoms with Crippen molar-refractivity contribution in [3.8, 4) is 17.2 Å². The van der Waals surface area contributed by atoms with Gasteiger partial charge in [0.25, 0.3) is 5.78 Å². The lowest BCUT2D eigenvalue weighted by molar-refractivity contribution is -0.132. The van der Waals surface area contributed by atoms with Crippen LogP contribution in [0.4, 0.5) is 10.2 Å². The number of carbonyl (C=O) groups excluding carboxylic acids is 2. The van der Waals surface area contributed by atoms with Crippen molar-refractivity contribution >= 4 is 23.3 Å². The SMILES string of the molecule is COc1cc([C@@H]2/C(=C(\O)c3ccc(F)cc3)C(=O)C(=O)N2c2cc(C)on2)cc(OC)c1OC. The number of Topliss-reactive ketones (excluding diaryl/α,β-unsaturated/α-hetero) is 1. The molecule has 0 saturated carbocycles. The number of aryl methyl sites for hydroxylation is 1. The average molecular weight is 468 g/mol. The molecule has 1 amide bonds. The second-order valence-electron chi connectivity index (χ2n) is 7.43. The molecule has 1 N–H and O–H groups in total. The van der Waals surface area contributed by atoms with Gasteiger partial charge >= 0.3 is 5.91 Å². The maximum absolute atomic E-state index is 13.4. The standard InChI is InChI=1S/C24H21FN2O7/c1-12-9-18(26-34-12)27-20(14-10-16(31-2)23(33-4)17(11-14)32-3)19(22(29)24(27)30)21(28)13-5-7-15(25)8-6-13/h5-11,20,28H,1-4H3/b21-19+/t20-/m1/s1. The lowest BCUT2D eigenvalue weighted by Gasteiger charge is -2.24. The molecule has 1 aromatic heterocycles. The number of halogens is 1. The van der Waals surface area contributed by atoms with Crippen LogP contribution in [-0.4, -0.2) is 43.3 Å². The monoisotopic (exact) mass is 468 g/mol. The first-order chi connectivity index (χ1) is 16.3. The number of benzene rings is 2. The van der Waals surface area contributed by atoms with Gasteiger partial charge in [-0.25, -0.2) is 4.39 Å². The molecule has 2 aromatic carbocycles. The van der Waals surface area contributed by atoms with Gasteiger partial charge in [0.05, 0.1) is 32.9 Å². The summed E-state index contributed by atoms with van der Waals surface area (Å²) in [5.41, 5.74) is 0.317. The molecule has 1 aliphatic rings. The molecular weight excluding hydrogens is 447 g/mol. The van der Waals surface area contributed by atoms with Crippen LogP contribution in [0.2, 0.25) is 0 Å². The van der Waals surface area contributed by atoms with Gasteiger partial charge in [-0.1, -0.05) is 5.16 Å². The van der Waals surface area contributed by atoms with Crippen LogP contribution in [0.3, 0.4) is 0 Å². The van der Waals surface area contributed by atoms with Gasteiger partial charge in [-0.05, 0) is 48.9 Å². The number of ether oxygens (including phenoxy) is 3. The van der Waals surface area contributed by atoms with E-state index in [9.17, 15) is 19.1 Å². The fourth-order valence-corrected chi connectivity index (χ4v) is 3.87. The number of rotatable bonds is 6. The van der Waals surface area contributed by atoms with Crippen LogP contribution in [0.25, 0.3) is 5.76 Å². The summed E-state index contributed by atoms with van der Waals surface area (Å²) in [6.07, 6.45) is 0. The van der Waals surface area contributed by atoms with Crippen molar-refractivity contribution < 1.29 is 37.8 Å². The number of nitrogens with zero attached hydrogens (tertiary/aromatic N) is 2. The smallest absolute Gasteiger partial charge is 0.301 e. The summed E-state index contributed by atoms with van der Waals surface area (Å²) in [6.45, 7) is 1.64. The zero-order valence-electron chi connectivity index (χ0n) is 18.8. The van der Waals surface area contributed by atoms with E-state index in [1.165, 1.54) is 39.5 Å². The Kier molecular flexibility index (Phi) is 5.97. The molecule has 10 heteroatoms. The molecule has 2 heterocycles. The maximum Gasteiger partial charge on any atom is 0.301 e. The third-order valence-corrected chi connectivity index (χ3v) is 5.43. The highest BCUT2D eigenvalue weighted by atomic mass is 19.1. The van der Waals surface area contributed by atoms with Gasteiger partial charge < -0.3 is 23.8 Å². The normalized spacial score (nSPS) is 17.2. The molecule has 1 atom stereocenters. The Bertz CT molecular complexity index is 1270. The minimum absolute atomic E-state index is 0.0801. The maximum atomic E-state index is 13.4. The van der Waals surface area contributed by atoms with Gasteiger partial charge in [-0.15, -0.1) is 0 Å². The van der Waals surface area contributed by atoms with E-state index in [0.717, 1.165) is 17.0 Å². The van der Waals surface area contributed by atoms with E-state index in [4.69, 9.17) is 18.7 Å². The Morgan fingerprint density at radius 2 is 1.65 bits per heavy atom. The first kappa shape index (κ1) is 22.8. The first-order valence-corrected chi connectivity index (χ1v) is 10.1. The summed E-state index contributed by atoms with van der Waals surface area (Å²) >= 11 is 0. The molecule has 1 aliphatic heterocycles. The average Bonchev–Trinajstić information content (AvgIpc) is 3.38. The van der Waals surface area contributed by atoms with Crippen LogP contribution in [0.5, 0.6) is 17.2 Å². The number of anilines is 1. The number of aliphatic hydroxyl groups is 1. The number of ketones is 1. The van der Waals surface area contributed by atoms with Gasteiger partial charge in [0.15, 0.2) is 17.3 Å². The first-order valence-electron chi connectivity index (χ1n) is 10.1. The van der Waals surface area contributed by atoms with Gasteiger partial charge in [-0.2, -0.15) is 0 Å². The molecule has 3 aromatic rings. The molecule has 0 bridgehead atoms. The zero-order valence-corrected chi connectivity index (χ0v) is 18.8. The predicted molar refractivity (Wildman–Crippen MR) is 119 cm³/mol. The molecule has 34 heavy (non-hydrogen) atoms. The third kappa shape index (κ3) is 3.72. The number of carbonyl (C=O) groups is 2. The second kappa shape index (κ2) is 8.89. The molecule has 176 valence electrons. The Hall–Kier alpha value is -4.34. The molecule has 4 rings (SSSR count). The van der Waals surface area contributed by atoms with E-state index in [2.05, 4.69) is 5.16 Å². The van der Waals surface area contributed by atoms with Crippen LogP contribution in [0.1, 0.15) is 22.9 Å². The zero-order chi connectivity index (χ0) is 24.6. The fourth-order valence-electron chi connectivity index (χ4n) is 3.87. The van der Waals surface area contributed by atoms with Crippen LogP contribution in [-0.2, 0) is 9.59 Å². The van der Waals surface area contributed by atoms with Crippen LogP contribution >= 0.6 is 0 Å². The second-order valence-corrected chi connectivity index (χ2v) is 7.43. The van der Waals surface area contributed by atoms with Crippen LogP contribution < -0.4 is 19.1 Å². The van der Waals surface area contributed by atoms with Crippen molar-refractivity contribution in [2.45, 2.75) is 13.0 Å². The van der Waals surface area contributed by atoms with Crippen molar-refractivity contribution in [2.75, 3.05) is 26.2 Å². The van der Waals surface area contributed by atoms with Gasteiger partial charge in [-0.3, -0.25) is 14.5 Å². The van der Waals surface area contributed by atoms with Crippen molar-refractivity contribution in [2.24, 2.45) is 0 Å². The number of hydrogen-bond acceptors (Lipinski definition) is 8. The minimum atomic E-state index is -1.12.